The number of aryl methyl sites for hydroxylation is 1. The molecule has 0 spiro atoms. The molecule has 0 unspecified atom stereocenters. The van der Waals surface area contributed by atoms with Gasteiger partial charge in [-0.15, -0.1) is 0 Å². The van der Waals surface area contributed by atoms with Gasteiger partial charge >= 0.3 is 0 Å². The minimum Gasteiger partial charge on any atom is -0.396 e. The molecule has 0 atom stereocenters. The first kappa shape index (κ1) is 14.8. The van der Waals surface area contributed by atoms with E-state index in [2.05, 4.69) is 5.32 Å². The van der Waals surface area contributed by atoms with E-state index in [1.54, 1.807) is 19.2 Å². The lowest BCUT2D eigenvalue weighted by atomic mass is 9.86. The van der Waals surface area contributed by atoms with Crippen LogP contribution in [-0.2, 0) is 4.79 Å². The molecule has 1 fully saturated rings. The minimum atomic E-state index is -0.348. The van der Waals surface area contributed by atoms with Crippen LogP contribution in [0.5, 0.6) is 0 Å². The highest BCUT2D eigenvalue weighted by atomic mass is 19.1. The normalized spacial score (nSPS) is 16.4. The van der Waals surface area contributed by atoms with Crippen molar-refractivity contribution in [2.45, 2.75) is 25.7 Å². The quantitative estimate of drug-likeness (QED) is 0.827. The van der Waals surface area contributed by atoms with Crippen molar-refractivity contribution >= 4 is 11.6 Å². The second kappa shape index (κ2) is 6.22. The maximum Gasteiger partial charge on any atom is 0.236 e. The number of nitrogen functional groups attached to an aromatic ring is 1. The molecule has 0 aromatic heterocycles. The molecule has 3 N–H and O–H groups in total. The van der Waals surface area contributed by atoms with Crippen LogP contribution in [0.15, 0.2) is 12.1 Å². The summed E-state index contributed by atoms with van der Waals surface area (Å²) in [5.41, 5.74) is 7.84. The van der Waals surface area contributed by atoms with Crippen LogP contribution < -0.4 is 11.1 Å². The second-order valence-corrected chi connectivity index (χ2v) is 5.42. The van der Waals surface area contributed by atoms with E-state index in [0.717, 1.165) is 37.1 Å². The summed E-state index contributed by atoms with van der Waals surface area (Å²) in [5.74, 6) is 0.0918. The Kier molecular flexibility index (Phi) is 4.60. The van der Waals surface area contributed by atoms with E-state index in [0.29, 0.717) is 12.5 Å². The fraction of sp³-hybridized carbons (Fsp3) is 0.533. The maximum absolute atomic E-state index is 13.6. The monoisotopic (exact) mass is 279 g/mol. The van der Waals surface area contributed by atoms with Crippen LogP contribution in [0, 0.1) is 12.7 Å². The van der Waals surface area contributed by atoms with E-state index in [1.807, 2.05) is 11.8 Å². The molecule has 1 heterocycles. The van der Waals surface area contributed by atoms with E-state index < -0.39 is 0 Å². The SMILES string of the molecule is CNCC(=O)N1CCC(c2cc(F)c(N)cc2C)CC1. The predicted octanol–water partition coefficient (Wildman–Crippen LogP) is 1.64. The lowest BCUT2D eigenvalue weighted by molar-refractivity contribution is -0.131. The fourth-order valence-corrected chi connectivity index (χ4v) is 2.86. The van der Waals surface area contributed by atoms with Crippen LogP contribution in [0.3, 0.4) is 0 Å². The highest BCUT2D eigenvalue weighted by molar-refractivity contribution is 5.78. The Morgan fingerprint density at radius 1 is 1.45 bits per heavy atom. The number of piperidine rings is 1. The first-order valence-corrected chi connectivity index (χ1v) is 7.00. The molecule has 0 bridgehead atoms. The Hall–Kier alpha value is -1.62. The van der Waals surface area contributed by atoms with Gasteiger partial charge in [0.05, 0.1) is 12.2 Å². The van der Waals surface area contributed by atoms with Crippen molar-refractivity contribution in [3.8, 4) is 0 Å². The maximum atomic E-state index is 13.6. The number of amides is 1. The highest BCUT2D eigenvalue weighted by Crippen LogP contribution is 2.32. The van der Waals surface area contributed by atoms with E-state index in [4.69, 9.17) is 5.73 Å². The number of nitrogens with two attached hydrogens (primary N) is 1. The molecule has 2 rings (SSSR count). The van der Waals surface area contributed by atoms with Crippen LogP contribution in [0.25, 0.3) is 0 Å². The van der Waals surface area contributed by atoms with E-state index in [9.17, 15) is 9.18 Å². The average Bonchev–Trinajstić information content (AvgIpc) is 2.43. The zero-order valence-corrected chi connectivity index (χ0v) is 12.1. The van der Waals surface area contributed by atoms with Gasteiger partial charge < -0.3 is 16.0 Å². The lowest BCUT2D eigenvalue weighted by Gasteiger charge is -2.33. The minimum absolute atomic E-state index is 0.131. The topological polar surface area (TPSA) is 58.4 Å². The second-order valence-electron chi connectivity index (χ2n) is 5.42. The van der Waals surface area contributed by atoms with Gasteiger partial charge in [-0.3, -0.25) is 4.79 Å². The number of likely N-dealkylation sites (N-methyl/N-ethyl adjacent to an activating group) is 1. The zero-order chi connectivity index (χ0) is 14.7. The predicted molar refractivity (Wildman–Crippen MR) is 78.0 cm³/mol. The summed E-state index contributed by atoms with van der Waals surface area (Å²) in [4.78, 5) is 13.7. The molecular weight excluding hydrogens is 257 g/mol. The number of carbonyl (C=O) groups is 1. The first-order valence-electron chi connectivity index (χ1n) is 7.00. The van der Waals surface area contributed by atoms with Crippen molar-refractivity contribution in [2.75, 3.05) is 32.4 Å². The van der Waals surface area contributed by atoms with E-state index >= 15 is 0 Å². The summed E-state index contributed by atoms with van der Waals surface area (Å²) >= 11 is 0. The summed E-state index contributed by atoms with van der Waals surface area (Å²) in [6.07, 6.45) is 1.75. The number of anilines is 1. The Labute approximate surface area is 119 Å². The van der Waals surface area contributed by atoms with Crippen molar-refractivity contribution in [2.24, 2.45) is 0 Å². The van der Waals surface area contributed by atoms with Crippen molar-refractivity contribution in [1.29, 1.82) is 0 Å². The van der Waals surface area contributed by atoms with Gasteiger partial charge in [0.25, 0.3) is 0 Å². The number of nitrogens with one attached hydrogen (secondary N) is 1. The summed E-state index contributed by atoms with van der Waals surface area (Å²) in [6, 6.07) is 3.25. The molecular formula is C15H22FN3O. The molecule has 1 aliphatic heterocycles. The molecule has 1 aliphatic rings. The molecule has 1 aromatic carbocycles. The smallest absolute Gasteiger partial charge is 0.236 e. The number of carbonyl (C=O) groups excluding carboxylic acids is 1. The van der Waals surface area contributed by atoms with Crippen molar-refractivity contribution < 1.29 is 9.18 Å². The Morgan fingerprint density at radius 3 is 2.70 bits per heavy atom. The molecule has 1 saturated heterocycles. The third kappa shape index (κ3) is 3.10. The molecule has 0 saturated carbocycles. The third-order valence-electron chi connectivity index (χ3n) is 4.00. The lowest BCUT2D eigenvalue weighted by Crippen LogP contribution is -2.42. The Morgan fingerprint density at radius 2 is 2.10 bits per heavy atom. The molecule has 0 radical (unpaired) electrons. The van der Waals surface area contributed by atoms with Crippen LogP contribution in [0.1, 0.15) is 29.9 Å². The molecule has 0 aliphatic carbocycles. The molecule has 5 heteroatoms. The third-order valence-corrected chi connectivity index (χ3v) is 4.00. The Bertz CT molecular complexity index is 496. The van der Waals surface area contributed by atoms with Crippen molar-refractivity contribution in [3.05, 3.63) is 29.1 Å². The highest BCUT2D eigenvalue weighted by Gasteiger charge is 2.24. The number of halogens is 1. The molecule has 20 heavy (non-hydrogen) atoms. The number of benzene rings is 1. The standard InChI is InChI=1S/C15H22FN3O/c1-10-7-14(17)13(16)8-12(10)11-3-5-19(6-4-11)15(20)9-18-2/h7-8,11,18H,3-6,9,17H2,1-2H3. The van der Waals surface area contributed by atoms with Gasteiger partial charge in [0.2, 0.25) is 5.91 Å². The molecule has 110 valence electrons. The van der Waals surface area contributed by atoms with E-state index in [-0.39, 0.29) is 17.4 Å². The summed E-state index contributed by atoms with van der Waals surface area (Å²) in [6.45, 7) is 3.80. The van der Waals surface area contributed by atoms with Crippen LogP contribution in [-0.4, -0.2) is 37.5 Å². The molecule has 4 nitrogen and oxygen atoms in total. The van der Waals surface area contributed by atoms with Crippen LogP contribution in [0.2, 0.25) is 0 Å². The number of hydrogen-bond acceptors (Lipinski definition) is 3. The van der Waals surface area contributed by atoms with Gasteiger partial charge in [-0.2, -0.15) is 0 Å². The van der Waals surface area contributed by atoms with Gasteiger partial charge in [0.1, 0.15) is 5.82 Å². The Balaban J connectivity index is 2.04. The molecule has 1 aromatic rings. The van der Waals surface area contributed by atoms with Crippen molar-refractivity contribution in [3.63, 3.8) is 0 Å². The van der Waals surface area contributed by atoms with Crippen molar-refractivity contribution in [1.82, 2.24) is 10.2 Å². The number of nitrogens with zero attached hydrogens (tertiary/aromatic N) is 1. The summed E-state index contributed by atoms with van der Waals surface area (Å²) < 4.78 is 13.6. The van der Waals surface area contributed by atoms with E-state index in [1.165, 1.54) is 0 Å². The first-order chi connectivity index (χ1) is 9.52. The number of likely N-dealkylation sites (tertiary alicyclic amines) is 1. The zero-order valence-electron chi connectivity index (χ0n) is 12.1. The number of hydrogen-bond donors (Lipinski definition) is 2. The van der Waals surface area contributed by atoms with Gasteiger partial charge in [-0.25, -0.2) is 4.39 Å². The summed E-state index contributed by atoms with van der Waals surface area (Å²) in [5, 5.41) is 2.88. The van der Waals surface area contributed by atoms with Gasteiger partial charge in [0, 0.05) is 13.1 Å². The van der Waals surface area contributed by atoms with Crippen LogP contribution in [0.4, 0.5) is 10.1 Å². The average molecular weight is 279 g/mol. The fourth-order valence-electron chi connectivity index (χ4n) is 2.86. The van der Waals surface area contributed by atoms with Gasteiger partial charge in [-0.1, -0.05) is 0 Å². The summed E-state index contributed by atoms with van der Waals surface area (Å²) in [7, 11) is 1.77. The number of rotatable bonds is 3. The van der Waals surface area contributed by atoms with Gasteiger partial charge in [0.15, 0.2) is 0 Å². The van der Waals surface area contributed by atoms with Gasteiger partial charge in [-0.05, 0) is 56.0 Å². The van der Waals surface area contributed by atoms with Crippen LogP contribution >= 0.6 is 0 Å². The largest absolute Gasteiger partial charge is 0.396 e. The molecule has 1 amide bonds.